The summed E-state index contributed by atoms with van der Waals surface area (Å²) < 4.78 is 18.4. The maximum atomic E-state index is 13.0. The Hall–Kier alpha value is 0.0700. The minimum absolute atomic E-state index is 0.364. The summed E-state index contributed by atoms with van der Waals surface area (Å²) in [6.45, 7) is 7.01. The first-order valence-electron chi connectivity index (χ1n) is 8.46. The van der Waals surface area contributed by atoms with E-state index in [0.717, 1.165) is 44.9 Å². The van der Waals surface area contributed by atoms with Crippen LogP contribution < -0.4 is 5.32 Å². The van der Waals surface area contributed by atoms with Crippen molar-refractivity contribution >= 4 is 10.8 Å². The second-order valence-corrected chi connectivity index (χ2v) is 8.24. The molecule has 2 fully saturated rings. The number of ether oxygens (including phenoxy) is 1. The van der Waals surface area contributed by atoms with Crippen LogP contribution in [-0.2, 0) is 15.5 Å². The second kappa shape index (κ2) is 8.50. The molecule has 0 aromatic carbocycles. The number of nitrogens with one attached hydrogen (secondary N) is 1. The highest BCUT2D eigenvalue weighted by atomic mass is 32.2. The summed E-state index contributed by atoms with van der Waals surface area (Å²) in [6, 6.07) is 0.469. The van der Waals surface area contributed by atoms with Crippen LogP contribution in [0.4, 0.5) is 0 Å². The van der Waals surface area contributed by atoms with Gasteiger partial charge in [0.25, 0.3) is 0 Å². The molecule has 1 saturated heterocycles. The van der Waals surface area contributed by atoms with E-state index in [-0.39, 0.29) is 0 Å². The van der Waals surface area contributed by atoms with Crippen molar-refractivity contribution in [2.75, 3.05) is 19.8 Å². The highest BCUT2D eigenvalue weighted by Crippen LogP contribution is 2.33. The van der Waals surface area contributed by atoms with Gasteiger partial charge in [0.05, 0.1) is 5.25 Å². The van der Waals surface area contributed by atoms with E-state index < -0.39 is 10.8 Å². The van der Waals surface area contributed by atoms with Crippen LogP contribution in [0.5, 0.6) is 0 Å². The zero-order valence-corrected chi connectivity index (χ0v) is 13.9. The van der Waals surface area contributed by atoms with Gasteiger partial charge in [-0.1, -0.05) is 26.7 Å². The first-order valence-corrected chi connectivity index (χ1v) is 9.74. The van der Waals surface area contributed by atoms with E-state index in [9.17, 15) is 4.21 Å². The molecule has 0 aromatic heterocycles. The first-order chi connectivity index (χ1) is 9.76. The van der Waals surface area contributed by atoms with Gasteiger partial charge < -0.3 is 10.1 Å². The van der Waals surface area contributed by atoms with E-state index in [0.29, 0.717) is 16.5 Å². The Labute approximate surface area is 126 Å². The average Bonchev–Trinajstić information content (AvgIpc) is 2.49. The fraction of sp³-hybridized carbons (Fsp3) is 1.00. The molecule has 0 radical (unpaired) electrons. The summed E-state index contributed by atoms with van der Waals surface area (Å²) in [6.07, 6.45) is 8.22. The molecule has 4 heteroatoms. The summed E-state index contributed by atoms with van der Waals surface area (Å²) in [5.74, 6) is 0.795. The lowest BCUT2D eigenvalue weighted by Crippen LogP contribution is -2.49. The predicted octanol–water partition coefficient (Wildman–Crippen LogP) is 2.86. The van der Waals surface area contributed by atoms with Gasteiger partial charge in [0, 0.05) is 35.3 Å². The normalized spacial score (nSPS) is 34.0. The zero-order valence-electron chi connectivity index (χ0n) is 13.1. The van der Waals surface area contributed by atoms with Crippen molar-refractivity contribution < 1.29 is 8.95 Å². The molecule has 0 aromatic rings. The third-order valence-corrected chi connectivity index (χ3v) is 7.11. The molecule has 1 N–H and O–H groups in total. The maximum absolute atomic E-state index is 13.0. The summed E-state index contributed by atoms with van der Waals surface area (Å²) in [7, 11) is -0.691. The third-order valence-electron chi connectivity index (χ3n) is 4.86. The Kier molecular flexibility index (Phi) is 6.99. The molecule has 4 atom stereocenters. The Bertz CT molecular complexity index is 305. The Morgan fingerprint density at radius 1 is 1.15 bits per heavy atom. The first kappa shape index (κ1) is 16.4. The van der Waals surface area contributed by atoms with E-state index in [2.05, 4.69) is 19.2 Å². The topological polar surface area (TPSA) is 38.3 Å². The van der Waals surface area contributed by atoms with Crippen molar-refractivity contribution in [1.29, 1.82) is 0 Å². The number of rotatable bonds is 6. The number of hydrogen-bond acceptors (Lipinski definition) is 3. The van der Waals surface area contributed by atoms with Crippen LogP contribution in [0.2, 0.25) is 0 Å². The van der Waals surface area contributed by atoms with Gasteiger partial charge in [0.1, 0.15) is 0 Å². The van der Waals surface area contributed by atoms with Crippen LogP contribution in [0, 0.1) is 5.92 Å². The van der Waals surface area contributed by atoms with E-state index in [1.807, 2.05) is 0 Å². The van der Waals surface area contributed by atoms with E-state index in [4.69, 9.17) is 4.74 Å². The van der Waals surface area contributed by atoms with Gasteiger partial charge >= 0.3 is 0 Å². The van der Waals surface area contributed by atoms with Gasteiger partial charge in [-0.2, -0.15) is 0 Å². The predicted molar refractivity (Wildman–Crippen MR) is 85.5 cm³/mol. The quantitative estimate of drug-likeness (QED) is 0.820. The molecule has 2 aliphatic rings. The van der Waals surface area contributed by atoms with Gasteiger partial charge in [0.15, 0.2) is 0 Å². The van der Waals surface area contributed by atoms with E-state index in [1.54, 1.807) is 0 Å². The fourth-order valence-corrected chi connectivity index (χ4v) is 5.96. The van der Waals surface area contributed by atoms with Crippen LogP contribution in [-0.4, -0.2) is 40.5 Å². The Morgan fingerprint density at radius 3 is 2.55 bits per heavy atom. The molecule has 2 rings (SSSR count). The maximum Gasteiger partial charge on any atom is 0.0506 e. The van der Waals surface area contributed by atoms with Crippen molar-refractivity contribution in [1.82, 2.24) is 5.32 Å². The molecular formula is C16H31NO2S. The molecule has 1 aliphatic carbocycles. The highest BCUT2D eigenvalue weighted by molar-refractivity contribution is 7.86. The molecule has 3 nitrogen and oxygen atoms in total. The molecule has 20 heavy (non-hydrogen) atoms. The van der Waals surface area contributed by atoms with Crippen molar-refractivity contribution in [3.63, 3.8) is 0 Å². The number of hydrogen-bond donors (Lipinski definition) is 1. The molecule has 4 unspecified atom stereocenters. The molecule has 118 valence electrons. The minimum atomic E-state index is -0.691. The van der Waals surface area contributed by atoms with Crippen LogP contribution in [0.3, 0.4) is 0 Å². The van der Waals surface area contributed by atoms with Crippen LogP contribution >= 0.6 is 0 Å². The molecule has 1 saturated carbocycles. The minimum Gasteiger partial charge on any atom is -0.381 e. The lowest BCUT2D eigenvalue weighted by molar-refractivity contribution is 0.0988. The zero-order chi connectivity index (χ0) is 14.4. The summed E-state index contributed by atoms with van der Waals surface area (Å²) >= 11 is 0. The Morgan fingerprint density at radius 2 is 1.90 bits per heavy atom. The smallest absolute Gasteiger partial charge is 0.0506 e. The van der Waals surface area contributed by atoms with Crippen LogP contribution in [0.1, 0.15) is 58.8 Å². The molecule has 0 amide bonds. The standard InChI is InChI=1S/C16H31NO2S/c1-3-5-13-6-7-15(17-4-2)16(12-13)20(18)14-8-10-19-11-9-14/h13-17H,3-12H2,1-2H3. The fourth-order valence-electron chi connectivity index (χ4n) is 3.79. The van der Waals surface area contributed by atoms with Crippen LogP contribution in [0.15, 0.2) is 0 Å². The molecule has 0 bridgehead atoms. The van der Waals surface area contributed by atoms with Gasteiger partial charge in [-0.25, -0.2) is 0 Å². The second-order valence-electron chi connectivity index (χ2n) is 6.31. The summed E-state index contributed by atoms with van der Waals surface area (Å²) in [5, 5.41) is 4.33. The highest BCUT2D eigenvalue weighted by Gasteiger charge is 2.36. The molecular weight excluding hydrogens is 270 g/mol. The summed E-state index contributed by atoms with van der Waals surface area (Å²) in [4.78, 5) is 0. The van der Waals surface area contributed by atoms with Gasteiger partial charge in [-0.3, -0.25) is 4.21 Å². The lowest BCUT2D eigenvalue weighted by atomic mass is 9.83. The van der Waals surface area contributed by atoms with Crippen molar-refractivity contribution in [3.05, 3.63) is 0 Å². The molecule has 0 spiro atoms. The van der Waals surface area contributed by atoms with Crippen molar-refractivity contribution in [2.24, 2.45) is 5.92 Å². The monoisotopic (exact) mass is 301 g/mol. The lowest BCUT2D eigenvalue weighted by Gasteiger charge is -2.38. The Balaban J connectivity index is 1.99. The van der Waals surface area contributed by atoms with Gasteiger partial charge in [-0.05, 0) is 44.6 Å². The summed E-state index contributed by atoms with van der Waals surface area (Å²) in [5.41, 5.74) is 0. The molecule has 1 heterocycles. The van der Waals surface area contributed by atoms with E-state index >= 15 is 0 Å². The van der Waals surface area contributed by atoms with Gasteiger partial charge in [0.2, 0.25) is 0 Å². The SMILES string of the molecule is CCCC1CCC(NCC)C(S(=O)C2CCOCC2)C1. The van der Waals surface area contributed by atoms with Gasteiger partial charge in [-0.15, -0.1) is 0 Å². The van der Waals surface area contributed by atoms with Crippen LogP contribution in [0.25, 0.3) is 0 Å². The largest absolute Gasteiger partial charge is 0.381 e. The molecule has 1 aliphatic heterocycles. The van der Waals surface area contributed by atoms with Crippen molar-refractivity contribution in [3.8, 4) is 0 Å². The average molecular weight is 301 g/mol. The third kappa shape index (κ3) is 4.28. The van der Waals surface area contributed by atoms with Crippen molar-refractivity contribution in [2.45, 2.75) is 75.3 Å². The van der Waals surface area contributed by atoms with E-state index in [1.165, 1.54) is 25.7 Å².